The van der Waals surface area contributed by atoms with Crippen LogP contribution in [0, 0.1) is 12.3 Å². The second kappa shape index (κ2) is 6.09. The van der Waals surface area contributed by atoms with Crippen molar-refractivity contribution in [2.24, 2.45) is 5.41 Å². The molecule has 1 aliphatic carbocycles. The topological polar surface area (TPSA) is 0 Å². The molecule has 0 heterocycles. The number of hydrogen-bond acceptors (Lipinski definition) is 0. The van der Waals surface area contributed by atoms with E-state index in [0.29, 0.717) is 0 Å². The van der Waals surface area contributed by atoms with E-state index < -0.39 is 0 Å². The van der Waals surface area contributed by atoms with Gasteiger partial charge in [-0.25, -0.2) is 0 Å². The fourth-order valence-corrected chi connectivity index (χ4v) is 2.56. The van der Waals surface area contributed by atoms with Gasteiger partial charge >= 0.3 is 0 Å². The second-order valence-corrected chi connectivity index (χ2v) is 5.86. The van der Waals surface area contributed by atoms with Gasteiger partial charge in [0.05, 0.1) is 0 Å². The Labute approximate surface area is 123 Å². The predicted octanol–water partition coefficient (Wildman–Crippen LogP) is 5.87. The van der Waals surface area contributed by atoms with E-state index in [4.69, 9.17) is 0 Å². The van der Waals surface area contributed by atoms with Gasteiger partial charge in [0.2, 0.25) is 0 Å². The van der Waals surface area contributed by atoms with Gasteiger partial charge < -0.3 is 0 Å². The quantitative estimate of drug-likeness (QED) is 0.597. The maximum atomic E-state index is 2.32. The minimum Gasteiger partial charge on any atom is -0.0847 e. The van der Waals surface area contributed by atoms with Crippen molar-refractivity contribution in [1.29, 1.82) is 0 Å². The predicted molar refractivity (Wildman–Crippen MR) is 89.6 cm³/mol. The summed E-state index contributed by atoms with van der Waals surface area (Å²) < 4.78 is 0. The van der Waals surface area contributed by atoms with Crippen molar-refractivity contribution in [3.8, 4) is 0 Å². The standard InChI is InChI=1S/C20H24/c1-5-16(2)8-6-14-20(4)15-7-9-19(20)18-12-10-17(3)11-13-18/h5-13,15H,14H2,1-4H3/b8-6-,16-5-. The smallest absolute Gasteiger partial charge is 0.0147 e. The summed E-state index contributed by atoms with van der Waals surface area (Å²) in [5.41, 5.74) is 5.49. The highest BCUT2D eigenvalue weighted by molar-refractivity contribution is 5.76. The van der Waals surface area contributed by atoms with Gasteiger partial charge in [0.15, 0.2) is 0 Å². The maximum absolute atomic E-state index is 2.32. The number of benzene rings is 1. The molecule has 1 aromatic carbocycles. The van der Waals surface area contributed by atoms with E-state index in [-0.39, 0.29) is 5.41 Å². The molecule has 0 fully saturated rings. The molecule has 2 rings (SSSR count). The first-order valence-corrected chi connectivity index (χ1v) is 7.32. The summed E-state index contributed by atoms with van der Waals surface area (Å²) in [6.45, 7) is 8.67. The Balaban J connectivity index is 2.18. The molecule has 1 aliphatic rings. The van der Waals surface area contributed by atoms with Gasteiger partial charge in [0.1, 0.15) is 0 Å². The lowest BCUT2D eigenvalue weighted by Crippen LogP contribution is -2.12. The molecular weight excluding hydrogens is 240 g/mol. The Morgan fingerprint density at radius 2 is 1.90 bits per heavy atom. The first-order chi connectivity index (χ1) is 9.55. The summed E-state index contributed by atoms with van der Waals surface area (Å²) in [4.78, 5) is 0. The van der Waals surface area contributed by atoms with Crippen LogP contribution in [0.3, 0.4) is 0 Å². The first kappa shape index (κ1) is 14.6. The average molecular weight is 264 g/mol. The Hall–Kier alpha value is -1.82. The molecular formula is C20H24. The minimum atomic E-state index is 0.111. The summed E-state index contributed by atoms with van der Waals surface area (Å²) in [6.07, 6.45) is 14.4. The molecule has 0 N–H and O–H groups in total. The summed E-state index contributed by atoms with van der Waals surface area (Å²) in [6, 6.07) is 8.84. The van der Waals surface area contributed by atoms with E-state index in [9.17, 15) is 0 Å². The van der Waals surface area contributed by atoms with Crippen LogP contribution in [0.15, 0.2) is 66.3 Å². The number of hydrogen-bond donors (Lipinski definition) is 0. The van der Waals surface area contributed by atoms with Gasteiger partial charge in [0.25, 0.3) is 0 Å². The zero-order chi connectivity index (χ0) is 14.6. The van der Waals surface area contributed by atoms with Crippen LogP contribution in [0.1, 0.15) is 38.3 Å². The number of aryl methyl sites for hydroxylation is 1. The third-order valence-corrected chi connectivity index (χ3v) is 4.08. The van der Waals surface area contributed by atoms with Gasteiger partial charge in [-0.2, -0.15) is 0 Å². The van der Waals surface area contributed by atoms with E-state index >= 15 is 0 Å². The van der Waals surface area contributed by atoms with E-state index in [1.54, 1.807) is 0 Å². The highest BCUT2D eigenvalue weighted by atomic mass is 14.3. The van der Waals surface area contributed by atoms with Crippen molar-refractivity contribution in [2.75, 3.05) is 0 Å². The lowest BCUT2D eigenvalue weighted by Gasteiger charge is -2.25. The lowest BCUT2D eigenvalue weighted by molar-refractivity contribution is 0.591. The average Bonchev–Trinajstić information content (AvgIpc) is 2.81. The van der Waals surface area contributed by atoms with E-state index in [1.165, 1.54) is 22.3 Å². The molecule has 1 unspecified atom stereocenters. The Kier molecular flexibility index (Phi) is 4.44. The number of rotatable bonds is 4. The zero-order valence-electron chi connectivity index (χ0n) is 13.0. The molecule has 20 heavy (non-hydrogen) atoms. The molecule has 0 aromatic heterocycles. The summed E-state index contributed by atoms with van der Waals surface area (Å²) >= 11 is 0. The monoisotopic (exact) mass is 264 g/mol. The van der Waals surface area contributed by atoms with Crippen molar-refractivity contribution in [2.45, 2.75) is 34.1 Å². The summed E-state index contributed by atoms with van der Waals surface area (Å²) in [7, 11) is 0. The highest BCUT2D eigenvalue weighted by Crippen LogP contribution is 2.43. The third kappa shape index (κ3) is 3.19. The highest BCUT2D eigenvalue weighted by Gasteiger charge is 2.28. The van der Waals surface area contributed by atoms with Crippen LogP contribution >= 0.6 is 0 Å². The Morgan fingerprint density at radius 3 is 2.55 bits per heavy atom. The van der Waals surface area contributed by atoms with Gasteiger partial charge in [0, 0.05) is 5.41 Å². The zero-order valence-corrected chi connectivity index (χ0v) is 13.0. The Bertz CT molecular complexity index is 579. The summed E-state index contributed by atoms with van der Waals surface area (Å²) in [5.74, 6) is 0. The van der Waals surface area contributed by atoms with Gasteiger partial charge in [-0.1, -0.05) is 78.8 Å². The molecule has 0 heteroatoms. The van der Waals surface area contributed by atoms with Gasteiger partial charge in [-0.3, -0.25) is 0 Å². The fraction of sp³-hybridized carbons (Fsp3) is 0.300. The summed E-state index contributed by atoms with van der Waals surface area (Å²) in [5, 5.41) is 0. The molecule has 0 aliphatic heterocycles. The van der Waals surface area contributed by atoms with E-state index in [1.807, 2.05) is 0 Å². The van der Waals surface area contributed by atoms with E-state index in [0.717, 1.165) is 6.42 Å². The van der Waals surface area contributed by atoms with Gasteiger partial charge in [-0.15, -0.1) is 0 Å². The first-order valence-electron chi connectivity index (χ1n) is 7.32. The SMILES string of the molecule is C/C=C(C)\C=C/CC1(C)C=CC=C1c1ccc(C)cc1. The molecule has 0 spiro atoms. The molecule has 104 valence electrons. The third-order valence-electron chi connectivity index (χ3n) is 4.08. The van der Waals surface area contributed by atoms with Crippen LogP contribution in [0.2, 0.25) is 0 Å². The molecule has 1 aromatic rings. The van der Waals surface area contributed by atoms with Crippen molar-refractivity contribution in [1.82, 2.24) is 0 Å². The van der Waals surface area contributed by atoms with Crippen LogP contribution in [-0.2, 0) is 0 Å². The normalized spacial score (nSPS) is 22.6. The fourth-order valence-electron chi connectivity index (χ4n) is 2.56. The lowest BCUT2D eigenvalue weighted by atomic mass is 9.78. The van der Waals surface area contributed by atoms with Crippen LogP contribution in [0.4, 0.5) is 0 Å². The maximum Gasteiger partial charge on any atom is 0.0147 e. The van der Waals surface area contributed by atoms with Crippen LogP contribution < -0.4 is 0 Å². The van der Waals surface area contributed by atoms with E-state index in [2.05, 4.69) is 88.4 Å². The van der Waals surface area contributed by atoms with Crippen molar-refractivity contribution in [3.63, 3.8) is 0 Å². The largest absolute Gasteiger partial charge is 0.0847 e. The molecule has 0 bridgehead atoms. The van der Waals surface area contributed by atoms with Crippen LogP contribution in [-0.4, -0.2) is 0 Å². The van der Waals surface area contributed by atoms with Gasteiger partial charge in [-0.05, 0) is 38.3 Å². The molecule has 0 radical (unpaired) electrons. The van der Waals surface area contributed by atoms with Crippen molar-refractivity contribution >= 4 is 5.57 Å². The minimum absolute atomic E-state index is 0.111. The molecule has 0 nitrogen and oxygen atoms in total. The second-order valence-electron chi connectivity index (χ2n) is 5.86. The van der Waals surface area contributed by atoms with Crippen LogP contribution in [0.25, 0.3) is 5.57 Å². The van der Waals surface area contributed by atoms with Crippen molar-refractivity contribution in [3.05, 3.63) is 77.4 Å². The molecule has 0 saturated carbocycles. The van der Waals surface area contributed by atoms with Crippen molar-refractivity contribution < 1.29 is 0 Å². The Morgan fingerprint density at radius 1 is 1.20 bits per heavy atom. The molecule has 1 atom stereocenters. The number of allylic oxidation sites excluding steroid dienone is 8. The molecule has 0 saturated heterocycles. The molecule has 0 amide bonds. The van der Waals surface area contributed by atoms with Crippen LogP contribution in [0.5, 0.6) is 0 Å².